The summed E-state index contributed by atoms with van der Waals surface area (Å²) in [4.78, 5) is 12.3. The molecular weight excluding hydrogens is 328 g/mol. The van der Waals surface area contributed by atoms with Gasteiger partial charge in [-0.3, -0.25) is 4.79 Å². The number of anilines is 1. The Balaban J connectivity index is 1.92. The largest absolute Gasteiger partial charge is 0.325 e. The molecule has 0 aliphatic rings. The van der Waals surface area contributed by atoms with E-state index in [1.165, 1.54) is 0 Å². The lowest BCUT2D eigenvalue weighted by atomic mass is 10.2. The smallest absolute Gasteiger partial charge is 0.237 e. The molecule has 0 aromatic heterocycles. The molecule has 118 valence electrons. The van der Waals surface area contributed by atoms with Gasteiger partial charge in [0.1, 0.15) is 0 Å². The molecule has 0 radical (unpaired) electrons. The lowest BCUT2D eigenvalue weighted by molar-refractivity contribution is -0.115. The number of hydrogen-bond acceptors (Lipinski definition) is 3. The second kappa shape index (κ2) is 8.05. The van der Waals surface area contributed by atoms with Gasteiger partial charge in [-0.15, -0.1) is 11.8 Å². The van der Waals surface area contributed by atoms with Gasteiger partial charge < -0.3 is 5.32 Å². The van der Waals surface area contributed by atoms with E-state index >= 15 is 0 Å². The molecule has 0 heterocycles. The number of hydrogen-bond donors (Lipinski definition) is 1. The van der Waals surface area contributed by atoms with Gasteiger partial charge in [-0.1, -0.05) is 29.8 Å². The second-order valence-electron chi connectivity index (χ2n) is 5.16. The number of amides is 1. The van der Waals surface area contributed by atoms with Crippen molar-refractivity contribution in [3.05, 3.63) is 64.2 Å². The maximum atomic E-state index is 12.3. The van der Waals surface area contributed by atoms with E-state index < -0.39 is 0 Å². The van der Waals surface area contributed by atoms with Gasteiger partial charge in [0.15, 0.2) is 0 Å². The third kappa shape index (κ3) is 4.75. The first kappa shape index (κ1) is 17.4. The number of carbonyl (C=O) groups excluding carboxylic acids is 1. The van der Waals surface area contributed by atoms with Crippen LogP contribution in [0.5, 0.6) is 0 Å². The maximum absolute atomic E-state index is 12.3. The third-order valence-corrected chi connectivity index (χ3v) is 5.10. The van der Waals surface area contributed by atoms with Crippen molar-refractivity contribution in [1.82, 2.24) is 0 Å². The highest BCUT2D eigenvalue weighted by molar-refractivity contribution is 7.99. The molecule has 0 saturated carbocycles. The van der Waals surface area contributed by atoms with Crippen LogP contribution in [0.4, 0.5) is 5.69 Å². The van der Waals surface area contributed by atoms with Crippen LogP contribution in [0.2, 0.25) is 5.02 Å². The summed E-state index contributed by atoms with van der Waals surface area (Å²) in [6.07, 6.45) is 0. The summed E-state index contributed by atoms with van der Waals surface area (Å²) >= 11 is 7.62. The number of carbonyl (C=O) groups is 1. The number of thioether (sulfide) groups is 1. The normalized spacial score (nSPS) is 11.6. The van der Waals surface area contributed by atoms with E-state index in [0.29, 0.717) is 10.6 Å². The molecule has 1 unspecified atom stereocenters. The van der Waals surface area contributed by atoms with Gasteiger partial charge in [0.2, 0.25) is 5.91 Å². The van der Waals surface area contributed by atoms with Gasteiger partial charge in [-0.2, -0.15) is 5.26 Å². The van der Waals surface area contributed by atoms with Gasteiger partial charge >= 0.3 is 0 Å². The molecule has 0 spiro atoms. The number of halogens is 1. The first-order valence-electron chi connectivity index (χ1n) is 7.18. The first-order chi connectivity index (χ1) is 11.0. The standard InChI is InChI=1S/C18H17ClN2OS/c1-12-16(19)4-3-5-17(12)21-18(22)13(2)23-11-15-8-6-14(10-20)7-9-15/h3-9,13H,11H2,1-2H3,(H,21,22). The number of nitrogens with one attached hydrogen (secondary N) is 1. The molecule has 1 amide bonds. The van der Waals surface area contributed by atoms with Crippen molar-refractivity contribution in [3.8, 4) is 6.07 Å². The summed E-state index contributed by atoms with van der Waals surface area (Å²) in [6, 6.07) is 15.0. The topological polar surface area (TPSA) is 52.9 Å². The lowest BCUT2D eigenvalue weighted by Crippen LogP contribution is -2.23. The zero-order chi connectivity index (χ0) is 16.8. The summed E-state index contributed by atoms with van der Waals surface area (Å²) in [7, 11) is 0. The molecule has 0 fully saturated rings. The molecule has 0 aliphatic carbocycles. The van der Waals surface area contributed by atoms with Gasteiger partial charge in [0, 0.05) is 16.5 Å². The minimum absolute atomic E-state index is 0.0472. The van der Waals surface area contributed by atoms with E-state index in [4.69, 9.17) is 16.9 Å². The van der Waals surface area contributed by atoms with Crippen LogP contribution in [0.1, 0.15) is 23.6 Å². The minimum Gasteiger partial charge on any atom is -0.325 e. The second-order valence-corrected chi connectivity index (χ2v) is 6.90. The first-order valence-corrected chi connectivity index (χ1v) is 8.60. The predicted molar refractivity (Wildman–Crippen MR) is 96.7 cm³/mol. The van der Waals surface area contributed by atoms with Crippen LogP contribution in [0, 0.1) is 18.3 Å². The third-order valence-electron chi connectivity index (χ3n) is 3.48. The van der Waals surface area contributed by atoms with Crippen molar-refractivity contribution in [2.75, 3.05) is 5.32 Å². The SMILES string of the molecule is Cc1c(Cl)cccc1NC(=O)C(C)SCc1ccc(C#N)cc1. The molecule has 1 atom stereocenters. The Morgan fingerprint density at radius 2 is 2.00 bits per heavy atom. The van der Waals surface area contributed by atoms with Gasteiger partial charge in [-0.25, -0.2) is 0 Å². The predicted octanol–water partition coefficient (Wildman–Crippen LogP) is 4.78. The molecule has 3 nitrogen and oxygen atoms in total. The molecular formula is C18H17ClN2OS. The van der Waals surface area contributed by atoms with Crippen molar-refractivity contribution < 1.29 is 4.79 Å². The van der Waals surface area contributed by atoms with Crippen LogP contribution >= 0.6 is 23.4 Å². The Hall–Kier alpha value is -1.96. The van der Waals surface area contributed by atoms with Gasteiger partial charge in [0.25, 0.3) is 0 Å². The van der Waals surface area contributed by atoms with E-state index in [0.717, 1.165) is 22.6 Å². The average Bonchev–Trinajstić information content (AvgIpc) is 2.57. The minimum atomic E-state index is -0.191. The summed E-state index contributed by atoms with van der Waals surface area (Å²) in [5, 5.41) is 12.2. The summed E-state index contributed by atoms with van der Waals surface area (Å²) in [6.45, 7) is 3.76. The van der Waals surface area contributed by atoms with Crippen LogP contribution in [-0.2, 0) is 10.5 Å². The van der Waals surface area contributed by atoms with E-state index in [-0.39, 0.29) is 11.2 Å². The van der Waals surface area contributed by atoms with Crippen molar-refractivity contribution in [2.45, 2.75) is 24.9 Å². The monoisotopic (exact) mass is 344 g/mol. The Bertz CT molecular complexity index is 738. The van der Waals surface area contributed by atoms with E-state index in [1.807, 2.05) is 38.1 Å². The fourth-order valence-corrected chi connectivity index (χ4v) is 2.97. The van der Waals surface area contributed by atoms with E-state index in [2.05, 4.69) is 11.4 Å². The Morgan fingerprint density at radius 1 is 1.30 bits per heavy atom. The van der Waals surface area contributed by atoms with Crippen molar-refractivity contribution in [1.29, 1.82) is 5.26 Å². The summed E-state index contributed by atoms with van der Waals surface area (Å²) in [5.74, 6) is 0.670. The molecule has 2 aromatic rings. The van der Waals surface area contributed by atoms with Crippen molar-refractivity contribution in [3.63, 3.8) is 0 Å². The van der Waals surface area contributed by atoms with Crippen LogP contribution < -0.4 is 5.32 Å². The molecule has 0 bridgehead atoms. The molecule has 0 saturated heterocycles. The fraction of sp³-hybridized carbons (Fsp3) is 0.222. The number of nitrogens with zero attached hydrogens (tertiary/aromatic N) is 1. The molecule has 2 aromatic carbocycles. The highest BCUT2D eigenvalue weighted by Crippen LogP contribution is 2.25. The summed E-state index contributed by atoms with van der Waals surface area (Å²) in [5.41, 5.74) is 3.34. The van der Waals surface area contributed by atoms with Crippen LogP contribution in [0.15, 0.2) is 42.5 Å². The van der Waals surface area contributed by atoms with Crippen LogP contribution in [0.25, 0.3) is 0 Å². The summed E-state index contributed by atoms with van der Waals surface area (Å²) < 4.78 is 0. The number of benzene rings is 2. The van der Waals surface area contributed by atoms with E-state index in [9.17, 15) is 4.79 Å². The highest BCUT2D eigenvalue weighted by atomic mass is 35.5. The zero-order valence-electron chi connectivity index (χ0n) is 13.0. The molecule has 0 aliphatic heterocycles. The molecule has 5 heteroatoms. The molecule has 2 rings (SSSR count). The zero-order valence-corrected chi connectivity index (χ0v) is 14.5. The van der Waals surface area contributed by atoms with Crippen LogP contribution in [0.3, 0.4) is 0 Å². The fourth-order valence-electron chi connectivity index (χ4n) is 1.95. The van der Waals surface area contributed by atoms with Crippen molar-refractivity contribution >= 4 is 35.0 Å². The lowest BCUT2D eigenvalue weighted by Gasteiger charge is -2.14. The van der Waals surface area contributed by atoms with Gasteiger partial charge in [-0.05, 0) is 49.2 Å². The quantitative estimate of drug-likeness (QED) is 0.849. The highest BCUT2D eigenvalue weighted by Gasteiger charge is 2.15. The number of nitriles is 1. The Kier molecular flexibility index (Phi) is 6.09. The maximum Gasteiger partial charge on any atom is 0.237 e. The average molecular weight is 345 g/mol. The van der Waals surface area contributed by atoms with Gasteiger partial charge in [0.05, 0.1) is 16.9 Å². The Labute approximate surface area is 145 Å². The van der Waals surface area contributed by atoms with E-state index in [1.54, 1.807) is 30.0 Å². The van der Waals surface area contributed by atoms with Crippen LogP contribution in [-0.4, -0.2) is 11.2 Å². The van der Waals surface area contributed by atoms with Crippen molar-refractivity contribution in [2.24, 2.45) is 0 Å². The molecule has 23 heavy (non-hydrogen) atoms. The number of rotatable bonds is 5. The Morgan fingerprint density at radius 3 is 2.65 bits per heavy atom. The molecule has 1 N–H and O–H groups in total.